The molecule has 1 aromatic carbocycles. The van der Waals surface area contributed by atoms with Gasteiger partial charge in [-0.2, -0.15) is 0 Å². The monoisotopic (exact) mass is 385 g/mol. The number of alkyl halides is 2. The maximum Gasteiger partial charge on any atom is 0.267 e. The van der Waals surface area contributed by atoms with Gasteiger partial charge in [0.15, 0.2) is 0 Å². The van der Waals surface area contributed by atoms with Gasteiger partial charge in [0.1, 0.15) is 5.69 Å². The van der Waals surface area contributed by atoms with E-state index in [1.54, 1.807) is 25.2 Å². The zero-order chi connectivity index (χ0) is 20.5. The van der Waals surface area contributed by atoms with E-state index in [9.17, 15) is 23.5 Å². The molecule has 3 N–H and O–H groups in total. The molecule has 1 saturated heterocycles. The molecule has 1 aromatic heterocycles. The van der Waals surface area contributed by atoms with Crippen LogP contribution in [0, 0.1) is 11.8 Å². The molecule has 0 saturated carbocycles. The van der Waals surface area contributed by atoms with E-state index < -0.39 is 23.8 Å². The molecule has 6 nitrogen and oxygen atoms in total. The number of hydrogen-bond acceptors (Lipinski definition) is 4. The summed E-state index contributed by atoms with van der Waals surface area (Å²) in [6, 6.07) is 8.50. The maximum atomic E-state index is 13.4. The number of halogens is 2. The molecular formula is C20H17F2N3O3. The minimum absolute atomic E-state index is 0.0784. The van der Waals surface area contributed by atoms with Crippen molar-refractivity contribution in [2.24, 2.45) is 5.73 Å². The number of nitrogens with two attached hydrogens (primary N) is 1. The molecule has 3 rings (SSSR count). The third-order valence-electron chi connectivity index (χ3n) is 4.47. The van der Waals surface area contributed by atoms with E-state index in [-0.39, 0.29) is 23.4 Å². The van der Waals surface area contributed by atoms with Crippen molar-refractivity contribution in [2.45, 2.75) is 18.4 Å². The van der Waals surface area contributed by atoms with E-state index in [2.05, 4.69) is 16.8 Å². The molecule has 0 unspecified atom stereocenters. The molecule has 1 atom stereocenters. The second-order valence-electron chi connectivity index (χ2n) is 6.47. The minimum Gasteiger partial charge on any atom is -0.369 e. The molecule has 0 radical (unpaired) electrons. The highest BCUT2D eigenvalue weighted by Gasteiger charge is 2.42. The lowest BCUT2D eigenvalue weighted by Gasteiger charge is -2.13. The highest BCUT2D eigenvalue weighted by atomic mass is 19.3. The maximum absolute atomic E-state index is 13.4. The zero-order valence-electron chi connectivity index (χ0n) is 14.9. The van der Waals surface area contributed by atoms with Gasteiger partial charge >= 0.3 is 0 Å². The Morgan fingerprint density at radius 1 is 1.36 bits per heavy atom. The van der Waals surface area contributed by atoms with Gasteiger partial charge in [-0.1, -0.05) is 24.0 Å². The van der Waals surface area contributed by atoms with Gasteiger partial charge < -0.3 is 15.7 Å². The summed E-state index contributed by atoms with van der Waals surface area (Å²) in [5.74, 6) is 3.98. The summed E-state index contributed by atoms with van der Waals surface area (Å²) >= 11 is 0. The molecule has 2 amide bonds. The number of aromatic nitrogens is 1. The van der Waals surface area contributed by atoms with Crippen LogP contribution in [0.25, 0.3) is 11.3 Å². The third-order valence-corrected chi connectivity index (χ3v) is 4.47. The van der Waals surface area contributed by atoms with Crippen molar-refractivity contribution in [1.29, 1.82) is 0 Å². The molecule has 0 bridgehead atoms. The van der Waals surface area contributed by atoms with Crippen LogP contribution in [0.1, 0.15) is 34.5 Å². The van der Waals surface area contributed by atoms with Crippen molar-refractivity contribution in [3.05, 3.63) is 53.2 Å². The van der Waals surface area contributed by atoms with Crippen LogP contribution in [-0.2, 0) is 4.79 Å². The first-order chi connectivity index (χ1) is 13.2. The van der Waals surface area contributed by atoms with E-state index in [0.717, 1.165) is 12.1 Å². The lowest BCUT2D eigenvalue weighted by molar-refractivity contribution is -0.137. The van der Waals surface area contributed by atoms with Gasteiger partial charge in [-0.05, 0) is 24.3 Å². The largest absolute Gasteiger partial charge is 0.369 e. The van der Waals surface area contributed by atoms with E-state index in [4.69, 9.17) is 5.73 Å². The Kier molecular flexibility index (Phi) is 5.12. The SMILES string of the molecule is CN1CC[C@@](O)(C#Cc2cccc(-c3nc(C(N)=O)ccc3C(F)F)c2)C1=O. The lowest BCUT2D eigenvalue weighted by atomic mass is 10.0. The van der Waals surface area contributed by atoms with Crippen LogP contribution < -0.4 is 5.73 Å². The summed E-state index contributed by atoms with van der Waals surface area (Å²) in [7, 11) is 1.58. The summed E-state index contributed by atoms with van der Waals surface area (Å²) in [5, 5.41) is 10.4. The number of likely N-dealkylation sites (N-methyl/N-ethyl adjacent to an activating group) is 1. The fraction of sp³-hybridized carbons (Fsp3) is 0.250. The molecule has 144 valence electrons. The number of pyridine rings is 1. The van der Waals surface area contributed by atoms with Crippen LogP contribution in [0.2, 0.25) is 0 Å². The van der Waals surface area contributed by atoms with E-state index >= 15 is 0 Å². The third kappa shape index (κ3) is 3.70. The van der Waals surface area contributed by atoms with Crippen LogP contribution in [0.3, 0.4) is 0 Å². The van der Waals surface area contributed by atoms with E-state index in [1.807, 2.05) is 0 Å². The number of primary amides is 1. The molecule has 2 aromatic rings. The summed E-state index contributed by atoms with van der Waals surface area (Å²) in [6.45, 7) is 0.394. The number of likely N-dealkylation sites (tertiary alicyclic amines) is 1. The molecule has 28 heavy (non-hydrogen) atoms. The number of nitrogens with zero attached hydrogens (tertiary/aromatic N) is 2. The summed E-state index contributed by atoms with van der Waals surface area (Å²) in [5.41, 5.74) is 3.59. The van der Waals surface area contributed by atoms with Crippen molar-refractivity contribution in [2.75, 3.05) is 13.6 Å². The summed E-state index contributed by atoms with van der Waals surface area (Å²) < 4.78 is 26.7. The fourth-order valence-electron chi connectivity index (χ4n) is 2.90. The van der Waals surface area contributed by atoms with Gasteiger partial charge in [-0.15, -0.1) is 0 Å². The van der Waals surface area contributed by atoms with E-state index in [0.29, 0.717) is 17.7 Å². The Morgan fingerprint density at radius 2 is 2.11 bits per heavy atom. The normalized spacial score (nSPS) is 18.9. The predicted octanol–water partition coefficient (Wildman–Crippen LogP) is 1.73. The lowest BCUT2D eigenvalue weighted by Crippen LogP contribution is -2.37. The van der Waals surface area contributed by atoms with Gasteiger partial charge in [0.25, 0.3) is 18.2 Å². The fourth-order valence-corrected chi connectivity index (χ4v) is 2.90. The number of carbonyl (C=O) groups excluding carboxylic acids is 2. The standard InChI is InChI=1S/C20H17F2N3O3/c1-25-10-9-20(28,19(25)27)8-7-12-3-2-4-13(11-12)16-14(17(21)22)5-6-15(24-16)18(23)26/h2-6,11,17,28H,9-10H2,1H3,(H2,23,26)/t20-/m0/s1. The molecule has 0 spiro atoms. The summed E-state index contributed by atoms with van der Waals surface area (Å²) in [6.07, 6.45) is -2.61. The molecule has 1 aliphatic rings. The van der Waals surface area contributed by atoms with E-state index in [1.165, 1.54) is 11.0 Å². The average molecular weight is 385 g/mol. The Bertz CT molecular complexity index is 1010. The zero-order valence-corrected chi connectivity index (χ0v) is 14.9. The molecule has 0 aliphatic carbocycles. The van der Waals surface area contributed by atoms with Crippen molar-refractivity contribution in [3.8, 4) is 23.1 Å². The smallest absolute Gasteiger partial charge is 0.267 e. The first-order valence-electron chi connectivity index (χ1n) is 8.42. The number of benzene rings is 1. The molecule has 2 heterocycles. The van der Waals surface area contributed by atoms with Crippen molar-refractivity contribution in [3.63, 3.8) is 0 Å². The second kappa shape index (κ2) is 7.37. The van der Waals surface area contributed by atoms with Crippen LogP contribution >= 0.6 is 0 Å². The quantitative estimate of drug-likeness (QED) is 0.787. The molecular weight excluding hydrogens is 368 g/mol. The highest BCUT2D eigenvalue weighted by molar-refractivity contribution is 5.92. The Morgan fingerprint density at radius 3 is 2.71 bits per heavy atom. The van der Waals surface area contributed by atoms with Crippen molar-refractivity contribution >= 4 is 11.8 Å². The predicted molar refractivity (Wildman–Crippen MR) is 97.2 cm³/mol. The van der Waals surface area contributed by atoms with Crippen LogP contribution in [-0.4, -0.2) is 46.0 Å². The topological polar surface area (TPSA) is 96.5 Å². The van der Waals surface area contributed by atoms with Crippen molar-refractivity contribution in [1.82, 2.24) is 9.88 Å². The first kappa shape index (κ1) is 19.5. The highest BCUT2D eigenvalue weighted by Crippen LogP contribution is 2.30. The Labute approximate surface area is 160 Å². The number of carbonyl (C=O) groups is 2. The molecule has 8 heteroatoms. The van der Waals surface area contributed by atoms with Gasteiger partial charge in [-0.3, -0.25) is 9.59 Å². The van der Waals surface area contributed by atoms with Gasteiger partial charge in [-0.25, -0.2) is 13.8 Å². The minimum atomic E-state index is -2.80. The van der Waals surface area contributed by atoms with Gasteiger partial charge in [0, 0.05) is 36.7 Å². The van der Waals surface area contributed by atoms with Crippen molar-refractivity contribution < 1.29 is 23.5 Å². The number of aliphatic hydroxyl groups is 1. The van der Waals surface area contributed by atoms with Crippen LogP contribution in [0.4, 0.5) is 8.78 Å². The van der Waals surface area contributed by atoms with Gasteiger partial charge in [0.2, 0.25) is 5.60 Å². The van der Waals surface area contributed by atoms with Gasteiger partial charge in [0.05, 0.1) is 5.69 Å². The second-order valence-corrected chi connectivity index (χ2v) is 6.47. The summed E-state index contributed by atoms with van der Waals surface area (Å²) in [4.78, 5) is 28.7. The molecule has 1 fully saturated rings. The Balaban J connectivity index is 2.01. The number of rotatable bonds is 3. The molecule has 1 aliphatic heterocycles. The van der Waals surface area contributed by atoms with Crippen LogP contribution in [0.15, 0.2) is 36.4 Å². The average Bonchev–Trinajstić information content (AvgIpc) is 2.94. The number of hydrogen-bond donors (Lipinski definition) is 2. The first-order valence-corrected chi connectivity index (χ1v) is 8.42. The van der Waals surface area contributed by atoms with Crippen LogP contribution in [0.5, 0.6) is 0 Å². The Hall–Kier alpha value is -3.31. The number of amides is 2.